The van der Waals surface area contributed by atoms with Crippen molar-refractivity contribution in [3.05, 3.63) is 53.9 Å². The number of aryl methyl sites for hydroxylation is 1. The van der Waals surface area contributed by atoms with Crippen LogP contribution in [-0.4, -0.2) is 23.0 Å². The fourth-order valence-corrected chi connectivity index (χ4v) is 3.36. The second-order valence-corrected chi connectivity index (χ2v) is 5.65. The standard InChI is InChI=1S/C16H22N4O/c1-20-10-7-14(19-20)15(18-17)16(8-11-21-12-9-16)13-5-3-2-4-6-13/h2-7,10,15,18H,8-9,11-12,17H2,1H3. The van der Waals surface area contributed by atoms with Gasteiger partial charge in [-0.05, 0) is 24.5 Å². The number of hydrazine groups is 1. The number of benzene rings is 1. The van der Waals surface area contributed by atoms with E-state index in [0.29, 0.717) is 0 Å². The van der Waals surface area contributed by atoms with Crippen molar-refractivity contribution in [1.29, 1.82) is 0 Å². The van der Waals surface area contributed by atoms with Gasteiger partial charge in [-0.1, -0.05) is 30.3 Å². The zero-order valence-electron chi connectivity index (χ0n) is 12.3. The monoisotopic (exact) mass is 286 g/mol. The third-order valence-electron chi connectivity index (χ3n) is 4.48. The SMILES string of the molecule is Cn1ccc(C(NN)C2(c3ccccc3)CCOCC2)n1. The highest BCUT2D eigenvalue weighted by Crippen LogP contribution is 2.44. The summed E-state index contributed by atoms with van der Waals surface area (Å²) in [6, 6.07) is 12.6. The number of nitrogens with zero attached hydrogens (tertiary/aromatic N) is 2. The molecule has 1 saturated heterocycles. The molecule has 0 amide bonds. The number of ether oxygens (including phenoxy) is 1. The smallest absolute Gasteiger partial charge is 0.0816 e. The van der Waals surface area contributed by atoms with Crippen LogP contribution >= 0.6 is 0 Å². The highest BCUT2D eigenvalue weighted by molar-refractivity contribution is 5.31. The van der Waals surface area contributed by atoms with Gasteiger partial charge in [-0.3, -0.25) is 16.0 Å². The first kappa shape index (κ1) is 14.3. The second kappa shape index (κ2) is 5.97. The van der Waals surface area contributed by atoms with Crippen molar-refractivity contribution in [2.75, 3.05) is 13.2 Å². The summed E-state index contributed by atoms with van der Waals surface area (Å²) in [5, 5.41) is 4.56. The van der Waals surface area contributed by atoms with E-state index in [4.69, 9.17) is 10.6 Å². The molecular formula is C16H22N4O. The summed E-state index contributed by atoms with van der Waals surface area (Å²) in [5.74, 6) is 5.93. The zero-order valence-corrected chi connectivity index (χ0v) is 12.3. The van der Waals surface area contributed by atoms with Crippen LogP contribution in [0.25, 0.3) is 0 Å². The van der Waals surface area contributed by atoms with Crippen molar-refractivity contribution in [3.63, 3.8) is 0 Å². The number of hydrogen-bond donors (Lipinski definition) is 2. The van der Waals surface area contributed by atoms with Crippen LogP contribution in [0.1, 0.15) is 30.1 Å². The first-order valence-electron chi connectivity index (χ1n) is 7.35. The van der Waals surface area contributed by atoms with Gasteiger partial charge in [0.05, 0.1) is 11.7 Å². The Kier molecular flexibility index (Phi) is 4.05. The van der Waals surface area contributed by atoms with E-state index in [2.05, 4.69) is 34.8 Å². The van der Waals surface area contributed by atoms with Gasteiger partial charge in [-0.2, -0.15) is 5.10 Å². The van der Waals surface area contributed by atoms with Crippen LogP contribution in [0.3, 0.4) is 0 Å². The topological polar surface area (TPSA) is 65.1 Å². The molecule has 1 atom stereocenters. The zero-order chi connectivity index (χ0) is 14.7. The first-order valence-corrected chi connectivity index (χ1v) is 7.35. The van der Waals surface area contributed by atoms with Gasteiger partial charge in [-0.25, -0.2) is 0 Å². The maximum atomic E-state index is 5.93. The van der Waals surface area contributed by atoms with Gasteiger partial charge >= 0.3 is 0 Å². The van der Waals surface area contributed by atoms with Crippen molar-refractivity contribution in [2.45, 2.75) is 24.3 Å². The Morgan fingerprint density at radius 1 is 1.24 bits per heavy atom. The van der Waals surface area contributed by atoms with Crippen LogP contribution in [-0.2, 0) is 17.2 Å². The Hall–Kier alpha value is -1.69. The lowest BCUT2D eigenvalue weighted by Crippen LogP contribution is -2.48. The van der Waals surface area contributed by atoms with E-state index in [-0.39, 0.29) is 11.5 Å². The van der Waals surface area contributed by atoms with Crippen LogP contribution in [0.2, 0.25) is 0 Å². The number of rotatable bonds is 4. The van der Waals surface area contributed by atoms with E-state index in [0.717, 1.165) is 31.7 Å². The van der Waals surface area contributed by atoms with Crippen LogP contribution in [0.4, 0.5) is 0 Å². The van der Waals surface area contributed by atoms with Gasteiger partial charge in [0.15, 0.2) is 0 Å². The molecule has 0 radical (unpaired) electrons. The molecule has 1 aromatic carbocycles. The molecular weight excluding hydrogens is 264 g/mol. The Morgan fingerprint density at radius 2 is 1.95 bits per heavy atom. The number of nitrogens with two attached hydrogens (primary N) is 1. The summed E-state index contributed by atoms with van der Waals surface area (Å²) < 4.78 is 7.40. The molecule has 0 spiro atoms. The molecule has 5 heteroatoms. The van der Waals surface area contributed by atoms with Crippen molar-refractivity contribution in [3.8, 4) is 0 Å². The Labute approximate surface area is 125 Å². The summed E-state index contributed by atoms with van der Waals surface area (Å²) in [6.45, 7) is 1.50. The van der Waals surface area contributed by atoms with Crippen LogP contribution in [0.5, 0.6) is 0 Å². The lowest BCUT2D eigenvalue weighted by Gasteiger charge is -2.43. The number of nitrogens with one attached hydrogen (secondary N) is 1. The Balaban J connectivity index is 2.05. The van der Waals surface area contributed by atoms with Crippen molar-refractivity contribution >= 4 is 0 Å². The van der Waals surface area contributed by atoms with Crippen LogP contribution in [0.15, 0.2) is 42.6 Å². The first-order chi connectivity index (χ1) is 10.3. The molecule has 1 fully saturated rings. The van der Waals surface area contributed by atoms with Crippen LogP contribution < -0.4 is 11.3 Å². The largest absolute Gasteiger partial charge is 0.381 e. The van der Waals surface area contributed by atoms with Crippen LogP contribution in [0, 0.1) is 0 Å². The molecule has 3 N–H and O–H groups in total. The minimum Gasteiger partial charge on any atom is -0.381 e. The minimum atomic E-state index is -0.0807. The van der Waals surface area contributed by atoms with E-state index in [1.807, 2.05) is 30.1 Å². The van der Waals surface area contributed by atoms with E-state index in [1.165, 1.54) is 5.56 Å². The summed E-state index contributed by atoms with van der Waals surface area (Å²) in [4.78, 5) is 0. The van der Waals surface area contributed by atoms with E-state index in [1.54, 1.807) is 0 Å². The Morgan fingerprint density at radius 3 is 2.52 bits per heavy atom. The predicted molar refractivity (Wildman–Crippen MR) is 81.4 cm³/mol. The van der Waals surface area contributed by atoms with Gasteiger partial charge in [-0.15, -0.1) is 0 Å². The summed E-state index contributed by atoms with van der Waals surface area (Å²) >= 11 is 0. The third-order valence-corrected chi connectivity index (χ3v) is 4.48. The molecule has 2 aromatic rings. The number of hydrogen-bond acceptors (Lipinski definition) is 4. The average Bonchev–Trinajstić information content (AvgIpc) is 2.96. The normalized spacial score (nSPS) is 19.3. The quantitative estimate of drug-likeness (QED) is 0.663. The molecule has 0 saturated carbocycles. The molecule has 3 rings (SSSR count). The highest BCUT2D eigenvalue weighted by Gasteiger charge is 2.43. The molecule has 112 valence electrons. The highest BCUT2D eigenvalue weighted by atomic mass is 16.5. The average molecular weight is 286 g/mol. The molecule has 21 heavy (non-hydrogen) atoms. The maximum Gasteiger partial charge on any atom is 0.0816 e. The third kappa shape index (κ3) is 2.60. The lowest BCUT2D eigenvalue weighted by molar-refractivity contribution is 0.0333. The molecule has 1 aromatic heterocycles. The summed E-state index contributed by atoms with van der Waals surface area (Å²) in [5.41, 5.74) is 5.20. The minimum absolute atomic E-state index is 0.0231. The molecule has 1 unspecified atom stereocenters. The maximum absolute atomic E-state index is 5.93. The Bertz CT molecular complexity index is 575. The van der Waals surface area contributed by atoms with Gasteiger partial charge in [0.2, 0.25) is 0 Å². The number of aromatic nitrogens is 2. The van der Waals surface area contributed by atoms with E-state index >= 15 is 0 Å². The predicted octanol–water partition coefficient (Wildman–Crippen LogP) is 1.67. The van der Waals surface area contributed by atoms with E-state index in [9.17, 15) is 0 Å². The van der Waals surface area contributed by atoms with Crippen molar-refractivity contribution in [2.24, 2.45) is 12.9 Å². The van der Waals surface area contributed by atoms with Gasteiger partial charge in [0.25, 0.3) is 0 Å². The second-order valence-electron chi connectivity index (χ2n) is 5.65. The summed E-state index contributed by atoms with van der Waals surface area (Å²) in [6.07, 6.45) is 3.82. The van der Waals surface area contributed by atoms with Crippen molar-refractivity contribution < 1.29 is 4.74 Å². The van der Waals surface area contributed by atoms with Crippen molar-refractivity contribution in [1.82, 2.24) is 15.2 Å². The fourth-order valence-electron chi connectivity index (χ4n) is 3.36. The summed E-state index contributed by atoms with van der Waals surface area (Å²) in [7, 11) is 1.93. The van der Waals surface area contributed by atoms with Gasteiger partial charge < -0.3 is 4.74 Å². The lowest BCUT2D eigenvalue weighted by atomic mass is 9.68. The molecule has 1 aliphatic heterocycles. The molecule has 2 heterocycles. The molecule has 5 nitrogen and oxygen atoms in total. The van der Waals surface area contributed by atoms with Gasteiger partial charge in [0, 0.05) is 31.9 Å². The molecule has 1 aliphatic rings. The molecule has 0 aliphatic carbocycles. The fraction of sp³-hybridized carbons (Fsp3) is 0.438. The van der Waals surface area contributed by atoms with E-state index < -0.39 is 0 Å². The van der Waals surface area contributed by atoms with Gasteiger partial charge in [0.1, 0.15) is 0 Å². The molecule has 0 bridgehead atoms.